The second-order valence-corrected chi connectivity index (χ2v) is 1.72. The third-order valence-corrected chi connectivity index (χ3v) is 0. The molecule has 35 valence electrons. The average Bonchev–Trinajstić information content (AvgIpc) is 0.811. The summed E-state index contributed by atoms with van der Waals surface area (Å²) in [6.07, 6.45) is 0. The summed E-state index contributed by atoms with van der Waals surface area (Å²) in [6, 6.07) is 0. The van der Waals surface area contributed by atoms with Crippen LogP contribution in [0.3, 0.4) is 0 Å². The molecule has 5 heavy (non-hydrogen) atoms. The Bertz CT molecular complexity index is 11.6. The van der Waals surface area contributed by atoms with Crippen LogP contribution >= 0.6 is 35.3 Å². The van der Waals surface area contributed by atoms with Crippen LogP contribution in [0.2, 0.25) is 0 Å². The molecule has 0 aromatic carbocycles. The molecule has 0 atom stereocenters. The Hall–Kier alpha value is 1.34. The van der Waals surface area contributed by atoms with Crippen molar-refractivity contribution in [3.8, 4) is 0 Å². The fourth-order valence-electron chi connectivity index (χ4n) is 0. The fourth-order valence-corrected chi connectivity index (χ4v) is 0. The maximum atomic E-state index is 4.64. The summed E-state index contributed by atoms with van der Waals surface area (Å²) >= 11 is 13.9. The van der Waals surface area contributed by atoms with E-state index >= 15 is 0 Å². The van der Waals surface area contributed by atoms with E-state index in [4.69, 9.17) is 0 Å². The molecular formula is Cl3CoN. The zero-order valence-corrected chi connectivity index (χ0v) is 5.22. The second-order valence-electron chi connectivity index (χ2n) is 0.192. The Balaban J connectivity index is 0. The molecule has 0 saturated carbocycles. The second kappa shape index (κ2) is 5.34. The van der Waals surface area contributed by atoms with E-state index in [1.165, 1.54) is 0 Å². The van der Waals surface area contributed by atoms with Crippen molar-refractivity contribution in [1.29, 1.82) is 0 Å². The Morgan fingerprint density at radius 1 is 1.00 bits per heavy atom. The molecule has 5 heteroatoms. The molecule has 0 fully saturated rings. The van der Waals surface area contributed by atoms with Gasteiger partial charge in [0.1, 0.15) is 0 Å². The smallest absolute Gasteiger partial charge is 0.0127 e. The number of hydrogen-bond acceptors (Lipinski definition) is 1. The van der Waals surface area contributed by atoms with Crippen molar-refractivity contribution in [2.75, 3.05) is 0 Å². The van der Waals surface area contributed by atoms with Gasteiger partial charge in [-0.15, -0.1) is 0 Å². The molecule has 0 aromatic heterocycles. The predicted octanol–water partition coefficient (Wildman–Crippen LogP) is 1.75. The van der Waals surface area contributed by atoms with Crippen LogP contribution < -0.4 is 0 Å². The van der Waals surface area contributed by atoms with Gasteiger partial charge in [-0.05, 0) is 3.46 Å². The van der Waals surface area contributed by atoms with Crippen molar-refractivity contribution < 1.29 is 16.8 Å². The maximum Gasteiger partial charge on any atom is 0.0127 e. The minimum absolute atomic E-state index is 0. The van der Waals surface area contributed by atoms with Gasteiger partial charge in [-0.1, -0.05) is 0 Å². The molecule has 0 bridgehead atoms. The van der Waals surface area contributed by atoms with Gasteiger partial charge < -0.3 is 0 Å². The Morgan fingerprint density at radius 3 is 1.00 bits per heavy atom. The molecule has 0 N–H and O–H groups in total. The molecule has 0 amide bonds. The average molecular weight is 179 g/mol. The van der Waals surface area contributed by atoms with E-state index in [9.17, 15) is 0 Å². The molecule has 0 aliphatic carbocycles. The normalized spacial score (nSPS) is 7.20. The first-order chi connectivity index (χ1) is 1.73. The Morgan fingerprint density at radius 2 is 1.00 bits per heavy atom. The van der Waals surface area contributed by atoms with Gasteiger partial charge in [-0.2, -0.15) is 0 Å². The van der Waals surface area contributed by atoms with Crippen LogP contribution in [-0.4, -0.2) is 3.46 Å². The summed E-state index contributed by atoms with van der Waals surface area (Å²) in [6.45, 7) is 0. The fraction of sp³-hybridized carbons (Fsp3) is 0. The molecule has 0 unspecified atom stereocenters. The van der Waals surface area contributed by atoms with Gasteiger partial charge in [0, 0.05) is 52.1 Å². The van der Waals surface area contributed by atoms with Gasteiger partial charge in [0.05, 0.1) is 0 Å². The van der Waals surface area contributed by atoms with E-state index < -0.39 is 0 Å². The molecular weight excluding hydrogens is 179 g/mol. The summed E-state index contributed by atoms with van der Waals surface area (Å²) in [7, 11) is 0. The quantitative estimate of drug-likeness (QED) is 0.512. The van der Waals surface area contributed by atoms with Crippen LogP contribution in [0.25, 0.3) is 0 Å². The minimum atomic E-state index is 0. The maximum absolute atomic E-state index is 4.64. The van der Waals surface area contributed by atoms with Crippen molar-refractivity contribution in [3.63, 3.8) is 0 Å². The predicted molar refractivity (Wildman–Crippen MR) is 19.4 cm³/mol. The molecule has 0 aliphatic rings. The van der Waals surface area contributed by atoms with Crippen LogP contribution in [0.15, 0.2) is 0 Å². The van der Waals surface area contributed by atoms with Crippen LogP contribution in [0, 0.1) is 0 Å². The molecule has 0 saturated heterocycles. The van der Waals surface area contributed by atoms with E-state index in [1.54, 1.807) is 0 Å². The SMILES string of the molecule is ClN(Cl)Cl.[Co]. The van der Waals surface area contributed by atoms with Crippen molar-refractivity contribution in [3.05, 3.63) is 0 Å². The zero-order chi connectivity index (χ0) is 3.58. The van der Waals surface area contributed by atoms with Crippen LogP contribution in [0.4, 0.5) is 0 Å². The summed E-state index contributed by atoms with van der Waals surface area (Å²) < 4.78 is 0.417. The molecule has 0 aliphatic heterocycles. The number of nitrogens with zero attached hydrogens (tertiary/aromatic N) is 1. The number of rotatable bonds is 0. The summed E-state index contributed by atoms with van der Waals surface area (Å²) in [4.78, 5) is 0. The van der Waals surface area contributed by atoms with E-state index in [1.807, 2.05) is 0 Å². The Kier molecular flexibility index (Phi) is 10.2. The largest absolute Gasteiger partial charge is 0.0380 e. The molecule has 0 aromatic rings. The third-order valence-electron chi connectivity index (χ3n) is 0. The van der Waals surface area contributed by atoms with E-state index in [0.717, 1.165) is 0 Å². The molecule has 0 spiro atoms. The first-order valence-corrected chi connectivity index (χ1v) is 1.52. The van der Waals surface area contributed by atoms with Gasteiger partial charge in [0.2, 0.25) is 0 Å². The van der Waals surface area contributed by atoms with Gasteiger partial charge in [-0.25, -0.2) is 0 Å². The summed E-state index contributed by atoms with van der Waals surface area (Å²) in [5, 5.41) is 0. The first-order valence-electron chi connectivity index (χ1n) is 0.507. The van der Waals surface area contributed by atoms with Crippen molar-refractivity contribution in [2.24, 2.45) is 0 Å². The molecule has 0 rings (SSSR count). The van der Waals surface area contributed by atoms with Crippen LogP contribution in [-0.2, 0) is 16.8 Å². The number of halogens is 3. The van der Waals surface area contributed by atoms with Crippen LogP contribution in [0.5, 0.6) is 0 Å². The van der Waals surface area contributed by atoms with Crippen LogP contribution in [0.1, 0.15) is 0 Å². The van der Waals surface area contributed by atoms with Gasteiger partial charge in [0.25, 0.3) is 0 Å². The Labute approximate surface area is 55.7 Å². The van der Waals surface area contributed by atoms with E-state index in [0.29, 0.717) is 3.46 Å². The topological polar surface area (TPSA) is 3.24 Å². The summed E-state index contributed by atoms with van der Waals surface area (Å²) in [5.41, 5.74) is 0. The van der Waals surface area contributed by atoms with Gasteiger partial charge in [0.15, 0.2) is 0 Å². The van der Waals surface area contributed by atoms with Crippen molar-refractivity contribution >= 4 is 35.3 Å². The monoisotopic (exact) mass is 178 g/mol. The van der Waals surface area contributed by atoms with E-state index in [2.05, 4.69) is 35.3 Å². The van der Waals surface area contributed by atoms with Crippen molar-refractivity contribution in [1.82, 2.24) is 3.46 Å². The number of hydrogen-bond donors (Lipinski definition) is 0. The minimum Gasteiger partial charge on any atom is -0.0380 e. The first kappa shape index (κ1) is 9.60. The molecule has 1 nitrogen and oxygen atoms in total. The molecule has 0 heterocycles. The van der Waals surface area contributed by atoms with Gasteiger partial charge in [-0.3, -0.25) is 0 Å². The standard InChI is InChI=1S/Cl3N.Co/c1-4(2)3;. The zero-order valence-electron chi connectivity index (χ0n) is 1.91. The molecule has 1 radical (unpaired) electrons. The van der Waals surface area contributed by atoms with Gasteiger partial charge >= 0.3 is 0 Å². The van der Waals surface area contributed by atoms with E-state index in [-0.39, 0.29) is 16.8 Å². The summed E-state index contributed by atoms with van der Waals surface area (Å²) in [5.74, 6) is 0. The van der Waals surface area contributed by atoms with Crippen molar-refractivity contribution in [2.45, 2.75) is 0 Å². The third kappa shape index (κ3) is 33.3.